The molecular weight excluding hydrogens is 238 g/mol. The summed E-state index contributed by atoms with van der Waals surface area (Å²) in [6.45, 7) is 2.47. The zero-order valence-electron chi connectivity index (χ0n) is 10.4. The Morgan fingerprint density at radius 2 is 1.88 bits per heavy atom. The first-order valence-electron chi connectivity index (χ1n) is 5.47. The Hall–Kier alpha value is -1.07. The lowest BCUT2D eigenvalue weighted by atomic mass is 10.1. The van der Waals surface area contributed by atoms with Gasteiger partial charge in [0.25, 0.3) is 0 Å². The molecule has 1 aromatic rings. The van der Waals surface area contributed by atoms with Gasteiger partial charge in [-0.15, -0.1) is 0 Å². The van der Waals surface area contributed by atoms with Crippen molar-refractivity contribution in [3.8, 4) is 5.75 Å². The Bertz CT molecular complexity index is 439. The molecule has 0 radical (unpaired) electrons. The monoisotopic (exact) mass is 257 g/mol. The second-order valence-electron chi connectivity index (χ2n) is 4.08. The quantitative estimate of drug-likeness (QED) is 0.836. The average molecular weight is 257 g/mol. The maximum Gasteiger partial charge on any atom is 0.148 e. The predicted molar refractivity (Wildman–Crippen MR) is 69.1 cm³/mol. The summed E-state index contributed by atoms with van der Waals surface area (Å²) < 4.78 is 27.0. The number of rotatable bonds is 6. The van der Waals surface area contributed by atoms with Gasteiger partial charge in [-0.25, -0.2) is 8.42 Å². The van der Waals surface area contributed by atoms with Gasteiger partial charge >= 0.3 is 0 Å². The molecule has 0 saturated heterocycles. The molecule has 1 N–H and O–H groups in total. The summed E-state index contributed by atoms with van der Waals surface area (Å²) in [6.07, 6.45) is 1.24. The first-order chi connectivity index (χ1) is 7.92. The number of nitrogens with one attached hydrogen (secondary N) is 1. The van der Waals surface area contributed by atoms with E-state index in [1.165, 1.54) is 6.26 Å². The fourth-order valence-electron chi connectivity index (χ4n) is 1.47. The SMILES string of the molecule is COc1ccc([C@H](C)NCCS(C)(=O)=O)cc1. The molecule has 0 aliphatic rings. The second kappa shape index (κ2) is 6.02. The van der Waals surface area contributed by atoms with Gasteiger partial charge in [-0.2, -0.15) is 0 Å². The van der Waals surface area contributed by atoms with Gasteiger partial charge < -0.3 is 10.1 Å². The van der Waals surface area contributed by atoms with E-state index in [-0.39, 0.29) is 11.8 Å². The van der Waals surface area contributed by atoms with Crippen molar-refractivity contribution >= 4 is 9.84 Å². The smallest absolute Gasteiger partial charge is 0.148 e. The molecule has 17 heavy (non-hydrogen) atoms. The van der Waals surface area contributed by atoms with Crippen molar-refractivity contribution in [2.75, 3.05) is 25.7 Å². The molecule has 96 valence electrons. The molecular formula is C12H19NO3S. The number of ether oxygens (including phenoxy) is 1. The minimum Gasteiger partial charge on any atom is -0.497 e. The summed E-state index contributed by atoms with van der Waals surface area (Å²) in [6, 6.07) is 7.85. The van der Waals surface area contributed by atoms with Crippen LogP contribution in [-0.4, -0.2) is 34.1 Å². The van der Waals surface area contributed by atoms with Gasteiger partial charge in [0.2, 0.25) is 0 Å². The fourth-order valence-corrected chi connectivity index (χ4v) is 1.96. The van der Waals surface area contributed by atoms with Crippen molar-refractivity contribution in [2.45, 2.75) is 13.0 Å². The van der Waals surface area contributed by atoms with Gasteiger partial charge in [-0.3, -0.25) is 0 Å². The summed E-state index contributed by atoms with van der Waals surface area (Å²) in [5.41, 5.74) is 1.11. The largest absolute Gasteiger partial charge is 0.497 e. The van der Waals surface area contributed by atoms with Crippen LogP contribution in [0.5, 0.6) is 5.75 Å². The topological polar surface area (TPSA) is 55.4 Å². The molecule has 1 rings (SSSR count). The summed E-state index contributed by atoms with van der Waals surface area (Å²) in [4.78, 5) is 0. The van der Waals surface area contributed by atoms with Gasteiger partial charge in [0.1, 0.15) is 15.6 Å². The molecule has 1 atom stereocenters. The lowest BCUT2D eigenvalue weighted by molar-refractivity contribution is 0.414. The summed E-state index contributed by atoms with van der Waals surface area (Å²) in [5.74, 6) is 0.977. The lowest BCUT2D eigenvalue weighted by Gasteiger charge is -2.14. The van der Waals surface area contributed by atoms with E-state index in [9.17, 15) is 8.42 Å². The average Bonchev–Trinajstić information content (AvgIpc) is 2.27. The molecule has 0 spiro atoms. The van der Waals surface area contributed by atoms with Crippen LogP contribution in [0.2, 0.25) is 0 Å². The number of methoxy groups -OCH3 is 1. The highest BCUT2D eigenvalue weighted by atomic mass is 32.2. The second-order valence-corrected chi connectivity index (χ2v) is 6.34. The molecule has 0 heterocycles. The fraction of sp³-hybridized carbons (Fsp3) is 0.500. The third-order valence-corrected chi connectivity index (χ3v) is 3.48. The molecule has 1 aromatic carbocycles. The van der Waals surface area contributed by atoms with Crippen LogP contribution in [0.15, 0.2) is 24.3 Å². The number of hydrogen-bond acceptors (Lipinski definition) is 4. The first-order valence-corrected chi connectivity index (χ1v) is 7.53. The van der Waals surface area contributed by atoms with E-state index in [1.807, 2.05) is 31.2 Å². The van der Waals surface area contributed by atoms with Crippen molar-refractivity contribution in [2.24, 2.45) is 0 Å². The van der Waals surface area contributed by atoms with Gasteiger partial charge in [0.15, 0.2) is 0 Å². The molecule has 5 heteroatoms. The molecule has 4 nitrogen and oxygen atoms in total. The van der Waals surface area contributed by atoms with E-state index in [1.54, 1.807) is 7.11 Å². The summed E-state index contributed by atoms with van der Waals surface area (Å²) in [5, 5.41) is 3.17. The van der Waals surface area contributed by atoms with E-state index in [2.05, 4.69) is 5.32 Å². The van der Waals surface area contributed by atoms with Crippen molar-refractivity contribution in [1.29, 1.82) is 0 Å². The lowest BCUT2D eigenvalue weighted by Crippen LogP contribution is -2.25. The van der Waals surface area contributed by atoms with Crippen LogP contribution >= 0.6 is 0 Å². The first kappa shape index (κ1) is 14.0. The van der Waals surface area contributed by atoms with Crippen molar-refractivity contribution in [1.82, 2.24) is 5.32 Å². The molecule has 0 bridgehead atoms. The van der Waals surface area contributed by atoms with E-state index >= 15 is 0 Å². The van der Waals surface area contributed by atoms with Crippen LogP contribution in [0.3, 0.4) is 0 Å². The van der Waals surface area contributed by atoms with Gasteiger partial charge in [0, 0.05) is 18.8 Å². The van der Waals surface area contributed by atoms with Crippen LogP contribution in [0.1, 0.15) is 18.5 Å². The Kier molecular flexibility index (Phi) is 4.96. The van der Waals surface area contributed by atoms with Crippen LogP contribution in [-0.2, 0) is 9.84 Å². The van der Waals surface area contributed by atoms with E-state index < -0.39 is 9.84 Å². The molecule has 0 fully saturated rings. The maximum atomic E-state index is 11.0. The molecule has 0 aliphatic carbocycles. The van der Waals surface area contributed by atoms with Crippen LogP contribution in [0, 0.1) is 0 Å². The Morgan fingerprint density at radius 1 is 1.29 bits per heavy atom. The molecule has 0 aliphatic heterocycles. The van der Waals surface area contributed by atoms with Crippen molar-refractivity contribution in [3.63, 3.8) is 0 Å². The summed E-state index contributed by atoms with van der Waals surface area (Å²) in [7, 11) is -1.27. The van der Waals surface area contributed by atoms with Gasteiger partial charge in [0.05, 0.1) is 12.9 Å². The third kappa shape index (κ3) is 5.19. The third-order valence-electron chi connectivity index (χ3n) is 2.54. The van der Waals surface area contributed by atoms with E-state index in [0.717, 1.165) is 11.3 Å². The Balaban J connectivity index is 2.49. The molecule has 0 amide bonds. The van der Waals surface area contributed by atoms with E-state index in [0.29, 0.717) is 6.54 Å². The standard InChI is InChI=1S/C12H19NO3S/c1-10(13-8-9-17(3,14)15)11-4-6-12(16-2)7-5-11/h4-7,10,13H,8-9H2,1-3H3/t10-/m0/s1. The van der Waals surface area contributed by atoms with E-state index in [4.69, 9.17) is 4.74 Å². The number of benzene rings is 1. The van der Waals surface area contributed by atoms with Crippen molar-refractivity contribution in [3.05, 3.63) is 29.8 Å². The number of hydrogen-bond donors (Lipinski definition) is 1. The predicted octanol–water partition coefficient (Wildman–Crippen LogP) is 1.39. The minimum atomic E-state index is -2.90. The molecule has 0 aromatic heterocycles. The zero-order valence-corrected chi connectivity index (χ0v) is 11.3. The molecule has 0 unspecified atom stereocenters. The minimum absolute atomic E-state index is 0.127. The van der Waals surface area contributed by atoms with Crippen LogP contribution in [0.25, 0.3) is 0 Å². The molecule has 0 saturated carbocycles. The van der Waals surface area contributed by atoms with Crippen LogP contribution < -0.4 is 10.1 Å². The summed E-state index contributed by atoms with van der Waals surface area (Å²) >= 11 is 0. The number of sulfone groups is 1. The van der Waals surface area contributed by atoms with Gasteiger partial charge in [-0.1, -0.05) is 12.1 Å². The Morgan fingerprint density at radius 3 is 2.35 bits per heavy atom. The highest BCUT2D eigenvalue weighted by molar-refractivity contribution is 7.90. The highest BCUT2D eigenvalue weighted by Crippen LogP contribution is 2.16. The highest BCUT2D eigenvalue weighted by Gasteiger charge is 2.07. The Labute approximate surface area is 103 Å². The maximum absolute atomic E-state index is 11.0. The van der Waals surface area contributed by atoms with Crippen molar-refractivity contribution < 1.29 is 13.2 Å². The van der Waals surface area contributed by atoms with Gasteiger partial charge in [-0.05, 0) is 24.6 Å². The normalized spacial score (nSPS) is 13.4. The van der Waals surface area contributed by atoms with Crippen LogP contribution in [0.4, 0.5) is 0 Å². The zero-order chi connectivity index (χ0) is 12.9.